The second-order valence-electron chi connectivity index (χ2n) is 9.95. The lowest BCUT2D eigenvalue weighted by molar-refractivity contribution is 0.0288. The molecule has 1 aliphatic carbocycles. The van der Waals surface area contributed by atoms with Gasteiger partial charge in [-0.05, 0) is 14.1 Å². The van der Waals surface area contributed by atoms with Gasteiger partial charge in [0.15, 0.2) is 0 Å². The highest BCUT2D eigenvalue weighted by molar-refractivity contribution is 8.00. The maximum atomic E-state index is 14.2. The minimum atomic E-state index is -2.80. The van der Waals surface area contributed by atoms with Gasteiger partial charge in [-0.1, -0.05) is 0 Å². The fourth-order valence-corrected chi connectivity index (χ4v) is 8.18. The minimum absolute atomic E-state index is 0.0112. The molecule has 3 aromatic rings. The standard InChI is InChI=1S/C23H22F2N8OS2/c1-32(2)8-21(7-23(21,24)25)11-34-20-30-18-15(12(3-26)5-29-18)19(31-20)33-9-22(10-33)16-13(4-27)17(28)36-14(16)6-35-22/h5H,6-11,28H2,1-2H3,(H,29,30,31). The third-order valence-electron chi connectivity index (χ3n) is 7.17. The van der Waals surface area contributed by atoms with Crippen molar-refractivity contribution in [2.24, 2.45) is 5.41 Å². The molecule has 0 bridgehead atoms. The number of hydrogen-bond acceptors (Lipinski definition) is 10. The summed E-state index contributed by atoms with van der Waals surface area (Å²) in [6.45, 7) is 1.12. The molecule has 1 atom stereocenters. The Balaban J connectivity index is 1.31. The number of alkyl halides is 2. The number of rotatable bonds is 6. The molecule has 3 aromatic heterocycles. The number of anilines is 2. The predicted octanol–water partition coefficient (Wildman–Crippen LogP) is 3.27. The van der Waals surface area contributed by atoms with Gasteiger partial charge in [0.25, 0.3) is 5.92 Å². The van der Waals surface area contributed by atoms with E-state index in [9.17, 15) is 19.3 Å². The fraction of sp³-hybridized carbons (Fsp3) is 0.478. The Labute approximate surface area is 213 Å². The molecule has 1 unspecified atom stereocenters. The molecule has 5 heterocycles. The van der Waals surface area contributed by atoms with Crippen molar-refractivity contribution in [3.63, 3.8) is 0 Å². The van der Waals surface area contributed by atoms with E-state index in [1.54, 1.807) is 37.0 Å². The molecule has 0 radical (unpaired) electrons. The predicted molar refractivity (Wildman–Crippen MR) is 133 cm³/mol. The number of halogens is 2. The minimum Gasteiger partial charge on any atom is -0.462 e. The van der Waals surface area contributed by atoms with Crippen molar-refractivity contribution < 1.29 is 13.5 Å². The number of fused-ring (bicyclic) bond motifs is 3. The summed E-state index contributed by atoms with van der Waals surface area (Å²) in [6, 6.07) is 4.41. The van der Waals surface area contributed by atoms with E-state index < -0.39 is 11.3 Å². The van der Waals surface area contributed by atoms with E-state index in [0.717, 1.165) is 16.2 Å². The van der Waals surface area contributed by atoms with Crippen LogP contribution in [0.2, 0.25) is 0 Å². The van der Waals surface area contributed by atoms with Crippen LogP contribution in [0.1, 0.15) is 28.0 Å². The Morgan fingerprint density at radius 1 is 1.28 bits per heavy atom. The first-order chi connectivity index (χ1) is 17.1. The van der Waals surface area contributed by atoms with Crippen molar-refractivity contribution in [1.29, 1.82) is 10.5 Å². The van der Waals surface area contributed by atoms with E-state index in [0.29, 0.717) is 46.1 Å². The third-order valence-corrected chi connectivity index (χ3v) is 9.82. The molecular formula is C23H22F2N8OS2. The van der Waals surface area contributed by atoms with E-state index >= 15 is 0 Å². The Morgan fingerprint density at radius 2 is 2.03 bits per heavy atom. The molecule has 0 amide bonds. The largest absolute Gasteiger partial charge is 0.462 e. The number of H-pyrrole nitrogens is 1. The first kappa shape index (κ1) is 23.3. The maximum Gasteiger partial charge on any atom is 0.320 e. The van der Waals surface area contributed by atoms with E-state index in [2.05, 4.69) is 27.1 Å². The van der Waals surface area contributed by atoms with Crippen LogP contribution in [0, 0.1) is 28.1 Å². The lowest BCUT2D eigenvalue weighted by Crippen LogP contribution is -2.57. The van der Waals surface area contributed by atoms with Gasteiger partial charge in [0.05, 0.1) is 26.7 Å². The molecule has 1 saturated heterocycles. The van der Waals surface area contributed by atoms with Gasteiger partial charge < -0.3 is 25.3 Å². The summed E-state index contributed by atoms with van der Waals surface area (Å²) >= 11 is 3.24. The molecular weight excluding hydrogens is 506 g/mol. The van der Waals surface area contributed by atoms with Crippen LogP contribution in [0.25, 0.3) is 11.0 Å². The van der Waals surface area contributed by atoms with Crippen molar-refractivity contribution in [3.05, 3.63) is 27.8 Å². The average molecular weight is 529 g/mol. The number of nitrogens with two attached hydrogens (primary N) is 1. The average Bonchev–Trinajstić information content (AvgIpc) is 3.20. The Hall–Kier alpha value is -3.13. The van der Waals surface area contributed by atoms with Crippen LogP contribution in [-0.2, 0) is 10.5 Å². The summed E-state index contributed by atoms with van der Waals surface area (Å²) in [5.41, 5.74) is 7.17. The van der Waals surface area contributed by atoms with Gasteiger partial charge in [0.1, 0.15) is 35.2 Å². The number of aromatic nitrogens is 3. The highest BCUT2D eigenvalue weighted by Gasteiger charge is 2.71. The highest BCUT2D eigenvalue weighted by atomic mass is 32.2. The molecule has 1 spiro atoms. The first-order valence-electron chi connectivity index (χ1n) is 11.3. The quantitative estimate of drug-likeness (QED) is 0.495. The Morgan fingerprint density at radius 3 is 2.67 bits per heavy atom. The van der Waals surface area contributed by atoms with E-state index in [4.69, 9.17) is 10.5 Å². The van der Waals surface area contributed by atoms with Gasteiger partial charge in [-0.2, -0.15) is 20.5 Å². The van der Waals surface area contributed by atoms with Gasteiger partial charge in [-0.15, -0.1) is 23.1 Å². The number of nitrogens with one attached hydrogen (secondary N) is 1. The summed E-state index contributed by atoms with van der Waals surface area (Å²) in [7, 11) is 3.51. The van der Waals surface area contributed by atoms with Crippen molar-refractivity contribution in [1.82, 2.24) is 19.9 Å². The van der Waals surface area contributed by atoms with Crippen LogP contribution in [-0.4, -0.2) is 66.1 Å². The Kier molecular flexibility index (Phi) is 4.97. The summed E-state index contributed by atoms with van der Waals surface area (Å²) < 4.78 is 33.9. The smallest absolute Gasteiger partial charge is 0.320 e. The Bertz CT molecular complexity index is 1480. The summed E-state index contributed by atoms with van der Waals surface area (Å²) in [4.78, 5) is 16.8. The van der Waals surface area contributed by atoms with Crippen LogP contribution in [0.15, 0.2) is 6.20 Å². The topological polar surface area (TPSA) is 131 Å². The molecule has 0 aromatic carbocycles. The van der Waals surface area contributed by atoms with Crippen LogP contribution in [0.4, 0.5) is 19.6 Å². The van der Waals surface area contributed by atoms with Crippen LogP contribution < -0.4 is 15.4 Å². The number of hydrogen-bond donors (Lipinski definition) is 2. The number of nitrogens with zero attached hydrogens (tertiary/aromatic N) is 6. The zero-order chi connectivity index (χ0) is 25.5. The lowest BCUT2D eigenvalue weighted by Gasteiger charge is -2.48. The van der Waals surface area contributed by atoms with Crippen molar-refractivity contribution in [2.45, 2.75) is 22.8 Å². The fourth-order valence-electron chi connectivity index (χ4n) is 5.38. The van der Waals surface area contributed by atoms with Crippen LogP contribution >= 0.6 is 23.1 Å². The molecule has 36 heavy (non-hydrogen) atoms. The van der Waals surface area contributed by atoms with E-state index in [1.165, 1.54) is 11.3 Å². The lowest BCUT2D eigenvalue weighted by atomic mass is 9.88. The number of ether oxygens (including phenoxy) is 1. The molecule has 9 nitrogen and oxygen atoms in total. The van der Waals surface area contributed by atoms with Crippen molar-refractivity contribution in [2.75, 3.05) is 51.0 Å². The number of nitriles is 2. The summed E-state index contributed by atoms with van der Waals surface area (Å²) in [6.07, 6.45) is 1.31. The summed E-state index contributed by atoms with van der Waals surface area (Å²) in [5.74, 6) is -1.49. The highest BCUT2D eigenvalue weighted by Crippen LogP contribution is 2.61. The zero-order valence-electron chi connectivity index (χ0n) is 19.6. The van der Waals surface area contributed by atoms with Crippen molar-refractivity contribution >= 4 is 45.0 Å². The second kappa shape index (κ2) is 7.68. The number of thioether (sulfide) groups is 1. The van der Waals surface area contributed by atoms with Gasteiger partial charge >= 0.3 is 6.01 Å². The monoisotopic (exact) mass is 528 g/mol. The second-order valence-corrected chi connectivity index (χ2v) is 12.4. The molecule has 186 valence electrons. The van der Waals surface area contributed by atoms with Crippen LogP contribution in [0.5, 0.6) is 6.01 Å². The third kappa shape index (κ3) is 3.26. The number of thiophene rings is 1. The first-order valence-corrected chi connectivity index (χ1v) is 13.1. The zero-order valence-corrected chi connectivity index (χ0v) is 21.2. The van der Waals surface area contributed by atoms with Crippen molar-refractivity contribution in [3.8, 4) is 18.1 Å². The van der Waals surface area contributed by atoms with Gasteiger partial charge in [0.2, 0.25) is 0 Å². The molecule has 2 fully saturated rings. The normalized spacial score (nSPS) is 22.9. The van der Waals surface area contributed by atoms with Gasteiger partial charge in [-0.3, -0.25) is 0 Å². The molecule has 6 rings (SSSR count). The SMILES string of the molecule is CN(C)CC1(COc2nc(N3CC4(C3)SCc3sc(N)c(C#N)c34)c3c(C#N)c[nH]c3n2)CC1(F)F. The number of nitrogen functional groups attached to an aromatic ring is 1. The van der Waals surface area contributed by atoms with Gasteiger partial charge in [0, 0.05) is 48.4 Å². The molecule has 13 heteroatoms. The number of aromatic amines is 1. The summed E-state index contributed by atoms with van der Waals surface area (Å²) in [5, 5.41) is 20.4. The van der Waals surface area contributed by atoms with Crippen LogP contribution in [0.3, 0.4) is 0 Å². The van der Waals surface area contributed by atoms with E-state index in [1.807, 2.05) is 4.90 Å². The van der Waals surface area contributed by atoms with E-state index in [-0.39, 0.29) is 30.3 Å². The molecule has 3 aliphatic rings. The molecule has 3 N–H and O–H groups in total. The maximum absolute atomic E-state index is 14.2. The molecule has 2 aliphatic heterocycles. The molecule has 1 saturated carbocycles. The van der Waals surface area contributed by atoms with Gasteiger partial charge in [-0.25, -0.2) is 8.78 Å².